The predicted octanol–water partition coefficient (Wildman–Crippen LogP) is 3.15. The molecule has 1 N–H and O–H groups in total. The highest BCUT2D eigenvalue weighted by molar-refractivity contribution is 5.23. The summed E-state index contributed by atoms with van der Waals surface area (Å²) in [6.07, 6.45) is 0.723. The van der Waals surface area contributed by atoms with Crippen molar-refractivity contribution in [3.05, 3.63) is 35.4 Å². The smallest absolute Gasteiger partial charge is 0.0942 e. The largest absolute Gasteiger partial charge is 0.387 e. The van der Waals surface area contributed by atoms with Crippen molar-refractivity contribution in [2.75, 3.05) is 13.1 Å². The summed E-state index contributed by atoms with van der Waals surface area (Å²) in [5, 5.41) is 10.4. The van der Waals surface area contributed by atoms with Gasteiger partial charge < -0.3 is 5.11 Å². The summed E-state index contributed by atoms with van der Waals surface area (Å²) >= 11 is 0. The first-order valence-corrected chi connectivity index (χ1v) is 6.58. The van der Waals surface area contributed by atoms with Crippen LogP contribution >= 0.6 is 0 Å². The molecule has 0 radical (unpaired) electrons. The number of nitrogens with zero attached hydrogens (tertiary/aromatic N) is 1. The third kappa shape index (κ3) is 3.83. The first kappa shape index (κ1) is 14.2. The van der Waals surface area contributed by atoms with Crippen molar-refractivity contribution in [3.63, 3.8) is 0 Å². The van der Waals surface area contributed by atoms with E-state index in [1.165, 1.54) is 5.56 Å². The number of aryl methyl sites for hydroxylation is 1. The van der Waals surface area contributed by atoms with Crippen molar-refractivity contribution >= 4 is 0 Å². The van der Waals surface area contributed by atoms with Gasteiger partial charge in [0, 0.05) is 6.04 Å². The van der Waals surface area contributed by atoms with E-state index in [0.29, 0.717) is 0 Å². The molecule has 0 bridgehead atoms. The van der Waals surface area contributed by atoms with Crippen molar-refractivity contribution in [2.24, 2.45) is 0 Å². The van der Waals surface area contributed by atoms with E-state index in [1.807, 2.05) is 12.1 Å². The van der Waals surface area contributed by atoms with E-state index < -0.39 is 6.10 Å². The Balaban J connectivity index is 2.73. The lowest BCUT2D eigenvalue weighted by molar-refractivity contribution is 0.0607. The van der Waals surface area contributed by atoms with Crippen LogP contribution in [0.1, 0.15) is 44.4 Å². The van der Waals surface area contributed by atoms with Gasteiger partial charge in [0.2, 0.25) is 0 Å². The normalized spacial score (nSPS) is 14.9. The number of aliphatic hydroxyl groups is 1. The summed E-state index contributed by atoms with van der Waals surface area (Å²) in [5.74, 6) is 0. The summed E-state index contributed by atoms with van der Waals surface area (Å²) in [4.78, 5) is 2.32. The zero-order valence-corrected chi connectivity index (χ0v) is 11.5. The van der Waals surface area contributed by atoms with E-state index in [4.69, 9.17) is 0 Å². The zero-order chi connectivity index (χ0) is 12.8. The lowest BCUT2D eigenvalue weighted by atomic mass is 10.0. The molecular formula is C15H25NO. The van der Waals surface area contributed by atoms with Crippen LogP contribution in [-0.2, 0) is 0 Å². The number of benzene rings is 1. The summed E-state index contributed by atoms with van der Waals surface area (Å²) in [6.45, 7) is 10.5. The number of likely N-dealkylation sites (N-methyl/N-ethyl adjacent to an activating group) is 1. The van der Waals surface area contributed by atoms with Crippen LogP contribution in [0.3, 0.4) is 0 Å². The second kappa shape index (κ2) is 6.77. The first-order valence-electron chi connectivity index (χ1n) is 6.58. The fraction of sp³-hybridized carbons (Fsp3) is 0.600. The van der Waals surface area contributed by atoms with Gasteiger partial charge in [0.25, 0.3) is 0 Å². The Morgan fingerprint density at radius 2 is 1.76 bits per heavy atom. The van der Waals surface area contributed by atoms with Crippen LogP contribution in [-0.4, -0.2) is 29.1 Å². The summed E-state index contributed by atoms with van der Waals surface area (Å²) in [5.41, 5.74) is 2.24. The van der Waals surface area contributed by atoms with Gasteiger partial charge in [-0.05, 0) is 38.9 Å². The van der Waals surface area contributed by atoms with Crippen molar-refractivity contribution in [1.29, 1.82) is 0 Å². The summed E-state index contributed by atoms with van der Waals surface area (Å²) < 4.78 is 0. The number of hydrogen-bond acceptors (Lipinski definition) is 2. The van der Waals surface area contributed by atoms with Gasteiger partial charge in [0.15, 0.2) is 0 Å². The van der Waals surface area contributed by atoms with E-state index in [2.05, 4.69) is 44.7 Å². The Labute approximate surface area is 105 Å². The minimum atomic E-state index is -0.401. The van der Waals surface area contributed by atoms with E-state index in [1.54, 1.807) is 0 Å². The highest BCUT2D eigenvalue weighted by Gasteiger charge is 2.21. The molecule has 0 aromatic heterocycles. The molecule has 96 valence electrons. The van der Waals surface area contributed by atoms with Gasteiger partial charge in [-0.1, -0.05) is 43.7 Å². The molecule has 2 atom stereocenters. The maximum Gasteiger partial charge on any atom is 0.0942 e. The molecule has 0 saturated carbocycles. The van der Waals surface area contributed by atoms with Crippen LogP contribution < -0.4 is 0 Å². The summed E-state index contributed by atoms with van der Waals surface area (Å²) in [6, 6.07) is 8.33. The minimum absolute atomic E-state index is 0.169. The molecule has 0 amide bonds. The van der Waals surface area contributed by atoms with Crippen molar-refractivity contribution in [2.45, 2.75) is 46.3 Å². The Morgan fingerprint density at radius 1 is 1.18 bits per heavy atom. The second-order valence-electron chi connectivity index (χ2n) is 4.72. The molecule has 0 saturated heterocycles. The number of aliphatic hydroxyl groups excluding tert-OH is 1. The topological polar surface area (TPSA) is 23.5 Å². The lowest BCUT2D eigenvalue weighted by Crippen LogP contribution is -2.37. The molecule has 0 heterocycles. The lowest BCUT2D eigenvalue weighted by Gasteiger charge is -2.31. The quantitative estimate of drug-likeness (QED) is 0.818. The van der Waals surface area contributed by atoms with E-state index in [9.17, 15) is 5.11 Å². The zero-order valence-electron chi connectivity index (χ0n) is 11.5. The minimum Gasteiger partial charge on any atom is -0.387 e. The van der Waals surface area contributed by atoms with Gasteiger partial charge in [-0.15, -0.1) is 0 Å². The van der Waals surface area contributed by atoms with E-state index in [-0.39, 0.29) is 6.04 Å². The second-order valence-corrected chi connectivity index (χ2v) is 4.72. The fourth-order valence-corrected chi connectivity index (χ4v) is 2.18. The Hall–Kier alpha value is -0.860. The molecule has 0 fully saturated rings. The maximum atomic E-state index is 10.4. The molecule has 1 rings (SSSR count). The van der Waals surface area contributed by atoms with E-state index >= 15 is 0 Å². The SMILES string of the molecule is CCCN(CC)C(C)C(O)c1ccc(C)cc1. The van der Waals surface area contributed by atoms with Crippen LogP contribution in [0.15, 0.2) is 24.3 Å². The molecule has 0 aliphatic carbocycles. The highest BCUT2D eigenvalue weighted by Crippen LogP contribution is 2.21. The van der Waals surface area contributed by atoms with Gasteiger partial charge in [-0.2, -0.15) is 0 Å². The third-order valence-corrected chi connectivity index (χ3v) is 3.37. The Bertz CT molecular complexity index is 320. The monoisotopic (exact) mass is 235 g/mol. The van der Waals surface area contributed by atoms with Gasteiger partial charge in [-0.25, -0.2) is 0 Å². The molecule has 0 aliphatic rings. The molecular weight excluding hydrogens is 210 g/mol. The van der Waals surface area contributed by atoms with Gasteiger partial charge >= 0.3 is 0 Å². The van der Waals surface area contributed by atoms with Crippen molar-refractivity contribution < 1.29 is 5.11 Å². The number of hydrogen-bond donors (Lipinski definition) is 1. The Morgan fingerprint density at radius 3 is 2.24 bits per heavy atom. The molecule has 17 heavy (non-hydrogen) atoms. The maximum absolute atomic E-state index is 10.4. The van der Waals surface area contributed by atoms with Crippen LogP contribution in [0.5, 0.6) is 0 Å². The first-order chi connectivity index (χ1) is 8.10. The van der Waals surface area contributed by atoms with Crippen LogP contribution in [0.25, 0.3) is 0 Å². The predicted molar refractivity (Wildman–Crippen MR) is 73.1 cm³/mol. The molecule has 1 aromatic carbocycles. The van der Waals surface area contributed by atoms with Crippen molar-refractivity contribution in [3.8, 4) is 0 Å². The molecule has 2 heteroatoms. The average Bonchev–Trinajstić information content (AvgIpc) is 2.35. The summed E-state index contributed by atoms with van der Waals surface area (Å²) in [7, 11) is 0. The van der Waals surface area contributed by atoms with Crippen LogP contribution in [0, 0.1) is 6.92 Å². The van der Waals surface area contributed by atoms with E-state index in [0.717, 1.165) is 25.1 Å². The van der Waals surface area contributed by atoms with Gasteiger partial charge in [0.1, 0.15) is 0 Å². The fourth-order valence-electron chi connectivity index (χ4n) is 2.18. The standard InChI is InChI=1S/C15H25NO/c1-5-11-16(6-2)13(4)15(17)14-9-7-12(3)8-10-14/h7-10,13,15,17H,5-6,11H2,1-4H3. The van der Waals surface area contributed by atoms with Crippen LogP contribution in [0.2, 0.25) is 0 Å². The molecule has 2 unspecified atom stereocenters. The Kier molecular flexibility index (Phi) is 5.66. The molecule has 1 aromatic rings. The van der Waals surface area contributed by atoms with Crippen LogP contribution in [0.4, 0.5) is 0 Å². The third-order valence-electron chi connectivity index (χ3n) is 3.37. The van der Waals surface area contributed by atoms with Gasteiger partial charge in [-0.3, -0.25) is 4.90 Å². The van der Waals surface area contributed by atoms with Gasteiger partial charge in [0.05, 0.1) is 6.10 Å². The molecule has 0 spiro atoms. The molecule has 0 aliphatic heterocycles. The van der Waals surface area contributed by atoms with Crippen molar-refractivity contribution in [1.82, 2.24) is 4.90 Å². The average molecular weight is 235 g/mol. The highest BCUT2D eigenvalue weighted by atomic mass is 16.3. The number of rotatable bonds is 6. The molecule has 2 nitrogen and oxygen atoms in total.